The SMILES string of the molecule is CC1=NN2CCNCC2N1. The lowest BCUT2D eigenvalue weighted by Gasteiger charge is -2.28. The molecule has 4 nitrogen and oxygen atoms in total. The van der Waals surface area contributed by atoms with E-state index in [1.54, 1.807) is 0 Å². The Labute approximate surface area is 60.3 Å². The molecule has 2 aliphatic heterocycles. The van der Waals surface area contributed by atoms with Crippen LogP contribution in [-0.2, 0) is 0 Å². The molecule has 0 amide bonds. The van der Waals surface area contributed by atoms with Crippen molar-refractivity contribution >= 4 is 5.84 Å². The van der Waals surface area contributed by atoms with Crippen LogP contribution in [0.15, 0.2) is 5.10 Å². The molecule has 0 aromatic heterocycles. The summed E-state index contributed by atoms with van der Waals surface area (Å²) in [5, 5.41) is 13.0. The molecule has 4 heteroatoms. The zero-order valence-corrected chi connectivity index (χ0v) is 6.09. The number of amidine groups is 1. The number of hydrazone groups is 1. The fourth-order valence-corrected chi connectivity index (χ4v) is 1.40. The molecule has 2 heterocycles. The molecule has 1 atom stereocenters. The second-order valence-electron chi connectivity index (χ2n) is 2.71. The van der Waals surface area contributed by atoms with Gasteiger partial charge in [-0.2, -0.15) is 5.10 Å². The van der Waals surface area contributed by atoms with E-state index in [0.29, 0.717) is 6.17 Å². The van der Waals surface area contributed by atoms with Gasteiger partial charge in [0, 0.05) is 13.1 Å². The van der Waals surface area contributed by atoms with Gasteiger partial charge >= 0.3 is 0 Å². The second kappa shape index (κ2) is 2.12. The highest BCUT2D eigenvalue weighted by Crippen LogP contribution is 2.06. The topological polar surface area (TPSA) is 39.7 Å². The first kappa shape index (κ1) is 5.97. The average molecular weight is 140 g/mol. The maximum Gasteiger partial charge on any atom is 0.129 e. The van der Waals surface area contributed by atoms with E-state index in [2.05, 4.69) is 20.7 Å². The molecule has 0 radical (unpaired) electrons. The van der Waals surface area contributed by atoms with Gasteiger partial charge in [0.25, 0.3) is 0 Å². The molecule has 2 N–H and O–H groups in total. The summed E-state index contributed by atoms with van der Waals surface area (Å²) >= 11 is 0. The van der Waals surface area contributed by atoms with Crippen molar-refractivity contribution in [2.24, 2.45) is 5.10 Å². The van der Waals surface area contributed by atoms with Crippen molar-refractivity contribution in [3.8, 4) is 0 Å². The predicted octanol–water partition coefficient (Wildman–Crippen LogP) is -0.846. The van der Waals surface area contributed by atoms with Crippen molar-refractivity contribution in [2.45, 2.75) is 13.1 Å². The molecule has 2 aliphatic rings. The highest BCUT2D eigenvalue weighted by atomic mass is 15.6. The number of piperazine rings is 1. The summed E-state index contributed by atoms with van der Waals surface area (Å²) in [5.41, 5.74) is 0. The summed E-state index contributed by atoms with van der Waals surface area (Å²) in [7, 11) is 0. The molecule has 0 aromatic rings. The van der Waals surface area contributed by atoms with E-state index >= 15 is 0 Å². The second-order valence-corrected chi connectivity index (χ2v) is 2.71. The van der Waals surface area contributed by atoms with Gasteiger partial charge in [-0.1, -0.05) is 0 Å². The van der Waals surface area contributed by atoms with Crippen molar-refractivity contribution in [3.63, 3.8) is 0 Å². The van der Waals surface area contributed by atoms with Crippen molar-refractivity contribution in [1.82, 2.24) is 15.6 Å². The Bertz CT molecular complexity index is 165. The Morgan fingerprint density at radius 2 is 2.60 bits per heavy atom. The molecule has 1 fully saturated rings. The first-order valence-electron chi connectivity index (χ1n) is 3.65. The van der Waals surface area contributed by atoms with Gasteiger partial charge < -0.3 is 10.6 Å². The Morgan fingerprint density at radius 1 is 1.70 bits per heavy atom. The van der Waals surface area contributed by atoms with E-state index in [4.69, 9.17) is 0 Å². The van der Waals surface area contributed by atoms with E-state index in [1.807, 2.05) is 6.92 Å². The van der Waals surface area contributed by atoms with Crippen LogP contribution in [-0.4, -0.2) is 36.6 Å². The van der Waals surface area contributed by atoms with Crippen molar-refractivity contribution in [3.05, 3.63) is 0 Å². The molecule has 0 saturated carbocycles. The van der Waals surface area contributed by atoms with Gasteiger partial charge in [0.05, 0.1) is 6.54 Å². The largest absolute Gasteiger partial charge is 0.350 e. The van der Waals surface area contributed by atoms with Gasteiger partial charge in [-0.25, -0.2) is 0 Å². The minimum Gasteiger partial charge on any atom is -0.350 e. The first-order chi connectivity index (χ1) is 4.86. The van der Waals surface area contributed by atoms with Gasteiger partial charge in [0.15, 0.2) is 0 Å². The van der Waals surface area contributed by atoms with Crippen molar-refractivity contribution < 1.29 is 0 Å². The van der Waals surface area contributed by atoms with E-state index in [0.717, 1.165) is 25.5 Å². The van der Waals surface area contributed by atoms with Gasteiger partial charge in [-0.3, -0.25) is 5.01 Å². The quantitative estimate of drug-likeness (QED) is 0.460. The highest BCUT2D eigenvalue weighted by Gasteiger charge is 2.25. The summed E-state index contributed by atoms with van der Waals surface area (Å²) in [6, 6.07) is 0. The normalized spacial score (nSPS) is 31.1. The van der Waals surface area contributed by atoms with Crippen molar-refractivity contribution in [1.29, 1.82) is 0 Å². The molecule has 0 aliphatic carbocycles. The third-order valence-corrected chi connectivity index (χ3v) is 1.87. The smallest absolute Gasteiger partial charge is 0.129 e. The summed E-state index contributed by atoms with van der Waals surface area (Å²) in [6.45, 7) is 5.07. The van der Waals surface area contributed by atoms with Crippen LogP contribution in [0.25, 0.3) is 0 Å². The van der Waals surface area contributed by atoms with Crippen LogP contribution in [0.2, 0.25) is 0 Å². The first-order valence-corrected chi connectivity index (χ1v) is 3.65. The third-order valence-electron chi connectivity index (χ3n) is 1.87. The molecular formula is C6H12N4. The zero-order chi connectivity index (χ0) is 6.97. The molecule has 1 saturated heterocycles. The Hall–Kier alpha value is -0.770. The monoisotopic (exact) mass is 140 g/mol. The van der Waals surface area contributed by atoms with E-state index in [9.17, 15) is 0 Å². The number of rotatable bonds is 0. The number of nitrogens with zero attached hydrogens (tertiary/aromatic N) is 2. The molecule has 56 valence electrons. The summed E-state index contributed by atoms with van der Waals surface area (Å²) in [6.07, 6.45) is 0.411. The fraction of sp³-hybridized carbons (Fsp3) is 0.833. The van der Waals surface area contributed by atoms with Crippen LogP contribution in [0.5, 0.6) is 0 Å². The Balaban J connectivity index is 2.06. The number of hydrogen-bond acceptors (Lipinski definition) is 4. The fourth-order valence-electron chi connectivity index (χ4n) is 1.40. The maximum atomic E-state index is 4.31. The van der Waals surface area contributed by atoms with Crippen LogP contribution in [0.3, 0.4) is 0 Å². The number of hydrogen-bond donors (Lipinski definition) is 2. The molecule has 2 rings (SSSR count). The lowest BCUT2D eigenvalue weighted by Crippen LogP contribution is -2.52. The van der Waals surface area contributed by atoms with Gasteiger partial charge in [0.1, 0.15) is 12.0 Å². The number of fused-ring (bicyclic) bond motifs is 1. The third kappa shape index (κ3) is 0.844. The van der Waals surface area contributed by atoms with Crippen molar-refractivity contribution in [2.75, 3.05) is 19.6 Å². The maximum absolute atomic E-state index is 4.31. The molecular weight excluding hydrogens is 128 g/mol. The van der Waals surface area contributed by atoms with Gasteiger partial charge in [-0.15, -0.1) is 0 Å². The van der Waals surface area contributed by atoms with Crippen LogP contribution >= 0.6 is 0 Å². The Morgan fingerprint density at radius 3 is 3.40 bits per heavy atom. The minimum absolute atomic E-state index is 0.411. The minimum atomic E-state index is 0.411. The summed E-state index contributed by atoms with van der Waals surface area (Å²) in [5.74, 6) is 1.04. The van der Waals surface area contributed by atoms with Gasteiger partial charge in [-0.05, 0) is 6.92 Å². The zero-order valence-electron chi connectivity index (χ0n) is 6.09. The average Bonchev–Trinajstić information content (AvgIpc) is 2.27. The predicted molar refractivity (Wildman–Crippen MR) is 39.6 cm³/mol. The van der Waals surface area contributed by atoms with Crippen LogP contribution in [0, 0.1) is 0 Å². The standard InChI is InChI=1S/C6H12N4/c1-5-8-6-4-7-2-3-10(6)9-5/h6-7H,2-4H2,1H3,(H,8,9). The lowest BCUT2D eigenvalue weighted by molar-refractivity contribution is 0.178. The van der Waals surface area contributed by atoms with E-state index in [-0.39, 0.29) is 0 Å². The molecule has 0 bridgehead atoms. The summed E-state index contributed by atoms with van der Waals surface area (Å²) < 4.78 is 0. The van der Waals surface area contributed by atoms with Crippen LogP contribution in [0.1, 0.15) is 6.92 Å². The highest BCUT2D eigenvalue weighted by molar-refractivity contribution is 5.80. The van der Waals surface area contributed by atoms with Crippen LogP contribution < -0.4 is 10.6 Å². The van der Waals surface area contributed by atoms with Gasteiger partial charge in [0.2, 0.25) is 0 Å². The molecule has 0 aromatic carbocycles. The molecule has 10 heavy (non-hydrogen) atoms. The van der Waals surface area contributed by atoms with E-state index in [1.165, 1.54) is 0 Å². The molecule has 0 spiro atoms. The molecule has 1 unspecified atom stereocenters. The summed E-state index contributed by atoms with van der Waals surface area (Å²) in [4.78, 5) is 0. The van der Waals surface area contributed by atoms with Crippen LogP contribution in [0.4, 0.5) is 0 Å². The number of nitrogens with one attached hydrogen (secondary N) is 2. The van der Waals surface area contributed by atoms with E-state index < -0.39 is 0 Å². The Kier molecular flexibility index (Phi) is 1.27. The lowest BCUT2D eigenvalue weighted by atomic mass is 10.3.